The Morgan fingerprint density at radius 2 is 1.64 bits per heavy atom. The molecule has 2 aliphatic rings. The molecule has 3 atom stereocenters. The molecule has 44 heavy (non-hydrogen) atoms. The first-order valence-electron chi connectivity index (χ1n) is 15.1. The van der Waals surface area contributed by atoms with Gasteiger partial charge in [-0.05, 0) is 60.2 Å². The van der Waals surface area contributed by atoms with Gasteiger partial charge in [-0.3, -0.25) is 14.4 Å². The van der Waals surface area contributed by atoms with Crippen LogP contribution in [0.3, 0.4) is 0 Å². The van der Waals surface area contributed by atoms with Gasteiger partial charge in [0.2, 0.25) is 17.7 Å². The van der Waals surface area contributed by atoms with E-state index in [1.54, 1.807) is 12.1 Å². The van der Waals surface area contributed by atoms with Crippen LogP contribution in [-0.4, -0.2) is 75.4 Å². The minimum Gasteiger partial charge on any atom is -0.480 e. The number of rotatable bonds is 11. The van der Waals surface area contributed by atoms with Crippen molar-refractivity contribution in [2.75, 3.05) is 13.1 Å². The lowest BCUT2D eigenvalue weighted by Crippen LogP contribution is -2.66. The highest BCUT2D eigenvalue weighted by Gasteiger charge is 2.45. The summed E-state index contributed by atoms with van der Waals surface area (Å²) < 4.78 is 13.6. The van der Waals surface area contributed by atoms with Crippen molar-refractivity contribution in [3.63, 3.8) is 0 Å². The highest BCUT2D eigenvalue weighted by atomic mass is 19.1. The average molecular weight is 603 g/mol. The van der Waals surface area contributed by atoms with Gasteiger partial charge in [0.15, 0.2) is 0 Å². The summed E-state index contributed by atoms with van der Waals surface area (Å²) in [6.07, 6.45) is 2.49. The van der Waals surface area contributed by atoms with Crippen molar-refractivity contribution in [3.8, 4) is 0 Å². The number of hydrogen-bond donors (Lipinski definition) is 3. The molecular weight excluding hydrogens is 563 g/mol. The van der Waals surface area contributed by atoms with E-state index in [0.29, 0.717) is 12.0 Å². The molecule has 3 aromatic rings. The minimum absolute atomic E-state index is 0.0376. The van der Waals surface area contributed by atoms with Crippen LogP contribution >= 0.6 is 0 Å². The molecule has 1 aliphatic carbocycles. The monoisotopic (exact) mass is 602 g/mol. The summed E-state index contributed by atoms with van der Waals surface area (Å²) in [4.78, 5) is 56.5. The van der Waals surface area contributed by atoms with Crippen molar-refractivity contribution in [1.82, 2.24) is 15.1 Å². The predicted octanol–water partition coefficient (Wildman–Crippen LogP) is 3.28. The molecule has 2 fully saturated rings. The Bertz CT molecular complexity index is 1550. The van der Waals surface area contributed by atoms with Gasteiger partial charge in [-0.1, -0.05) is 67.4 Å². The third kappa shape index (κ3) is 7.24. The van der Waals surface area contributed by atoms with Crippen LogP contribution in [0.2, 0.25) is 0 Å². The van der Waals surface area contributed by atoms with Gasteiger partial charge in [0.05, 0.1) is 5.54 Å². The Kier molecular flexibility index (Phi) is 9.01. The van der Waals surface area contributed by atoms with E-state index in [-0.39, 0.29) is 31.8 Å². The number of amides is 3. The van der Waals surface area contributed by atoms with Crippen LogP contribution < -0.4 is 11.1 Å². The molecule has 5 rings (SSSR count). The molecule has 232 valence electrons. The maximum atomic E-state index is 14.1. The molecule has 10 heteroatoms. The molecule has 1 heterocycles. The van der Waals surface area contributed by atoms with Crippen LogP contribution in [0.15, 0.2) is 66.7 Å². The van der Waals surface area contributed by atoms with E-state index in [1.165, 1.54) is 35.8 Å². The van der Waals surface area contributed by atoms with Gasteiger partial charge in [-0.2, -0.15) is 0 Å². The van der Waals surface area contributed by atoms with E-state index in [1.807, 2.05) is 42.5 Å². The summed E-state index contributed by atoms with van der Waals surface area (Å²) in [6, 6.07) is 16.2. The topological polar surface area (TPSA) is 133 Å². The molecule has 0 spiro atoms. The zero-order valence-electron chi connectivity index (χ0n) is 25.0. The maximum Gasteiger partial charge on any atom is 0.326 e. The molecule has 0 bridgehead atoms. The van der Waals surface area contributed by atoms with Crippen molar-refractivity contribution >= 4 is 34.5 Å². The molecule has 0 aromatic heterocycles. The number of carboxylic acids is 1. The number of nitrogens with one attached hydrogen (secondary N) is 1. The maximum absolute atomic E-state index is 14.1. The summed E-state index contributed by atoms with van der Waals surface area (Å²) in [6.45, 7) is 3.21. The first kappa shape index (κ1) is 31.1. The van der Waals surface area contributed by atoms with E-state index >= 15 is 0 Å². The van der Waals surface area contributed by atoms with Gasteiger partial charge >= 0.3 is 5.97 Å². The Hall–Kier alpha value is -4.31. The number of carboxylic acid groups (broad SMARTS) is 1. The fourth-order valence-corrected chi connectivity index (χ4v) is 5.80. The van der Waals surface area contributed by atoms with E-state index in [9.17, 15) is 28.7 Å². The summed E-state index contributed by atoms with van der Waals surface area (Å²) in [5.41, 5.74) is 6.18. The van der Waals surface area contributed by atoms with Crippen molar-refractivity contribution in [2.24, 2.45) is 11.7 Å². The van der Waals surface area contributed by atoms with Crippen LogP contribution in [0.4, 0.5) is 4.39 Å². The molecule has 3 aromatic carbocycles. The quantitative estimate of drug-likeness (QED) is 0.309. The van der Waals surface area contributed by atoms with Gasteiger partial charge in [-0.15, -0.1) is 0 Å². The largest absolute Gasteiger partial charge is 0.480 e. The van der Waals surface area contributed by atoms with Gasteiger partial charge in [-0.25, -0.2) is 9.18 Å². The van der Waals surface area contributed by atoms with Crippen LogP contribution in [0.1, 0.15) is 44.2 Å². The zero-order chi connectivity index (χ0) is 31.6. The SMILES string of the molecule is CC(C)(N)C(=O)NC(Cc1ccc(F)cc1)C(=O)N1CCN(C(Cc2ccc3ccccc3c2)C(=O)O)C(=O)C1CC1CC1. The molecule has 4 N–H and O–H groups in total. The second-order valence-corrected chi connectivity index (χ2v) is 12.6. The third-order valence-corrected chi connectivity index (χ3v) is 8.51. The molecule has 1 saturated heterocycles. The highest BCUT2D eigenvalue weighted by Crippen LogP contribution is 2.36. The Balaban J connectivity index is 1.40. The standard InChI is InChI=1S/C34H39FN4O5/c1-34(2,36)33(44)37-27(18-21-10-13-26(35)14-11-21)30(40)38-15-16-39(31(41)28(38)19-22-7-8-22)29(32(42)43)20-23-9-12-24-5-3-4-6-25(24)17-23/h3-6,9-14,17,22,27-29H,7-8,15-16,18-20,36H2,1-2H3,(H,37,44)(H,42,43). The molecule has 1 saturated carbocycles. The lowest BCUT2D eigenvalue weighted by molar-refractivity contribution is -0.161. The number of carbonyl (C=O) groups is 4. The number of halogens is 1. The van der Waals surface area contributed by atoms with E-state index in [0.717, 1.165) is 29.2 Å². The number of aliphatic carboxylic acids is 1. The van der Waals surface area contributed by atoms with Crippen LogP contribution in [0.25, 0.3) is 10.8 Å². The zero-order valence-corrected chi connectivity index (χ0v) is 25.0. The predicted molar refractivity (Wildman–Crippen MR) is 164 cm³/mol. The second kappa shape index (κ2) is 12.7. The summed E-state index contributed by atoms with van der Waals surface area (Å²) in [5, 5.41) is 15.0. The molecule has 3 unspecified atom stereocenters. The first-order valence-corrected chi connectivity index (χ1v) is 15.1. The average Bonchev–Trinajstić information content (AvgIpc) is 3.81. The Morgan fingerprint density at radius 1 is 0.977 bits per heavy atom. The number of benzene rings is 3. The minimum atomic E-state index is -1.26. The number of fused-ring (bicyclic) bond motifs is 1. The van der Waals surface area contributed by atoms with Crippen molar-refractivity contribution in [2.45, 2.75) is 69.6 Å². The lowest BCUT2D eigenvalue weighted by atomic mass is 9.96. The van der Waals surface area contributed by atoms with Crippen LogP contribution in [0.5, 0.6) is 0 Å². The van der Waals surface area contributed by atoms with E-state index in [2.05, 4.69) is 5.32 Å². The number of hydrogen-bond acceptors (Lipinski definition) is 5. The normalized spacial score (nSPS) is 18.6. The number of piperazine rings is 1. The smallest absolute Gasteiger partial charge is 0.326 e. The van der Waals surface area contributed by atoms with Crippen molar-refractivity contribution in [1.29, 1.82) is 0 Å². The fraction of sp³-hybridized carbons (Fsp3) is 0.412. The highest BCUT2D eigenvalue weighted by molar-refractivity contribution is 5.96. The second-order valence-electron chi connectivity index (χ2n) is 12.6. The molecule has 3 amide bonds. The van der Waals surface area contributed by atoms with Crippen molar-refractivity contribution < 1.29 is 28.7 Å². The summed E-state index contributed by atoms with van der Waals surface area (Å²) in [5.74, 6) is -2.67. The molecule has 9 nitrogen and oxygen atoms in total. The van der Waals surface area contributed by atoms with Gasteiger partial charge in [0.1, 0.15) is 23.9 Å². The number of carbonyl (C=O) groups excluding carboxylic acids is 3. The van der Waals surface area contributed by atoms with Gasteiger partial charge in [0, 0.05) is 25.9 Å². The molecule has 1 aliphatic heterocycles. The number of nitrogens with zero attached hydrogens (tertiary/aromatic N) is 2. The first-order chi connectivity index (χ1) is 20.9. The Morgan fingerprint density at radius 3 is 2.27 bits per heavy atom. The van der Waals surface area contributed by atoms with Gasteiger partial charge < -0.3 is 26.0 Å². The lowest BCUT2D eigenvalue weighted by Gasteiger charge is -2.44. The molecule has 0 radical (unpaired) electrons. The fourth-order valence-electron chi connectivity index (χ4n) is 5.80. The van der Waals surface area contributed by atoms with E-state index in [4.69, 9.17) is 5.73 Å². The van der Waals surface area contributed by atoms with Crippen LogP contribution in [-0.2, 0) is 32.0 Å². The third-order valence-electron chi connectivity index (χ3n) is 8.51. The molecular formula is C34H39FN4O5. The summed E-state index contributed by atoms with van der Waals surface area (Å²) in [7, 11) is 0. The van der Waals surface area contributed by atoms with Crippen LogP contribution in [0, 0.1) is 11.7 Å². The van der Waals surface area contributed by atoms with Crippen molar-refractivity contribution in [3.05, 3.63) is 83.7 Å². The Labute approximate surface area is 256 Å². The number of nitrogens with two attached hydrogens (primary N) is 1. The van der Waals surface area contributed by atoms with Gasteiger partial charge in [0.25, 0.3) is 0 Å². The van der Waals surface area contributed by atoms with E-state index < -0.39 is 53.2 Å². The summed E-state index contributed by atoms with van der Waals surface area (Å²) >= 11 is 0.